The van der Waals surface area contributed by atoms with Gasteiger partial charge in [-0.1, -0.05) is 0 Å². The van der Waals surface area contributed by atoms with Crippen LogP contribution in [-0.2, 0) is 14.6 Å². The number of carbonyl (C=O) groups is 1. The zero-order chi connectivity index (χ0) is 11.1. The predicted octanol–water partition coefficient (Wildman–Crippen LogP) is -1.02. The highest BCUT2D eigenvalue weighted by Gasteiger charge is 2.50. The fraction of sp³-hybridized carbons (Fsp3) is 0.889. The van der Waals surface area contributed by atoms with Crippen molar-refractivity contribution in [3.8, 4) is 0 Å². The minimum atomic E-state index is -2.91. The Morgan fingerprint density at radius 2 is 1.80 bits per heavy atom. The SMILES string of the molecule is NCC1(C(=O)N2CCS(=O)(=O)CC2)CC1. The molecule has 1 aliphatic heterocycles. The highest BCUT2D eigenvalue weighted by Crippen LogP contribution is 2.46. The molecule has 6 heteroatoms. The molecular formula is C9H16N2O3S. The summed E-state index contributed by atoms with van der Waals surface area (Å²) in [4.78, 5) is 13.6. The van der Waals surface area contributed by atoms with E-state index in [1.807, 2.05) is 0 Å². The smallest absolute Gasteiger partial charge is 0.230 e. The minimum absolute atomic E-state index is 0.0555. The quantitative estimate of drug-likeness (QED) is 0.661. The lowest BCUT2D eigenvalue weighted by molar-refractivity contribution is -0.136. The molecule has 2 rings (SSSR count). The summed E-state index contributed by atoms with van der Waals surface area (Å²) in [5.74, 6) is 0.249. The molecule has 1 saturated heterocycles. The van der Waals surface area contributed by atoms with E-state index in [1.54, 1.807) is 4.90 Å². The zero-order valence-corrected chi connectivity index (χ0v) is 9.42. The third kappa shape index (κ3) is 2.01. The standard InChI is InChI=1S/C9H16N2O3S/c10-7-9(1-2-9)8(12)11-3-5-15(13,14)6-4-11/h1-7,10H2. The van der Waals surface area contributed by atoms with Gasteiger partial charge in [-0.15, -0.1) is 0 Å². The summed E-state index contributed by atoms with van der Waals surface area (Å²) in [5, 5.41) is 0. The first-order valence-electron chi connectivity index (χ1n) is 5.19. The van der Waals surface area contributed by atoms with Crippen molar-refractivity contribution in [2.24, 2.45) is 11.1 Å². The lowest BCUT2D eigenvalue weighted by atomic mass is 10.1. The second-order valence-corrected chi connectivity index (χ2v) is 6.73. The molecule has 86 valence electrons. The summed E-state index contributed by atoms with van der Waals surface area (Å²) < 4.78 is 22.4. The molecular weight excluding hydrogens is 216 g/mol. The molecule has 0 unspecified atom stereocenters. The first kappa shape index (κ1) is 10.9. The molecule has 1 saturated carbocycles. The number of carbonyl (C=O) groups excluding carboxylic acids is 1. The number of nitrogens with zero attached hydrogens (tertiary/aromatic N) is 1. The predicted molar refractivity (Wildman–Crippen MR) is 56.0 cm³/mol. The average molecular weight is 232 g/mol. The van der Waals surface area contributed by atoms with E-state index >= 15 is 0 Å². The fourth-order valence-corrected chi connectivity index (χ4v) is 3.11. The fourth-order valence-electron chi connectivity index (χ4n) is 1.91. The second-order valence-electron chi connectivity index (χ2n) is 4.43. The van der Waals surface area contributed by atoms with Gasteiger partial charge in [0.05, 0.1) is 16.9 Å². The second kappa shape index (κ2) is 3.45. The van der Waals surface area contributed by atoms with E-state index in [1.165, 1.54) is 0 Å². The van der Waals surface area contributed by atoms with E-state index in [0.29, 0.717) is 19.6 Å². The molecule has 0 bridgehead atoms. The van der Waals surface area contributed by atoms with Crippen molar-refractivity contribution in [2.45, 2.75) is 12.8 Å². The Morgan fingerprint density at radius 3 is 2.20 bits per heavy atom. The van der Waals surface area contributed by atoms with Gasteiger partial charge in [-0.2, -0.15) is 0 Å². The van der Waals surface area contributed by atoms with Crippen LogP contribution in [0, 0.1) is 5.41 Å². The van der Waals surface area contributed by atoms with Gasteiger partial charge < -0.3 is 10.6 Å². The third-order valence-electron chi connectivity index (χ3n) is 3.33. The summed E-state index contributed by atoms with van der Waals surface area (Å²) in [6.07, 6.45) is 1.71. The van der Waals surface area contributed by atoms with E-state index in [-0.39, 0.29) is 22.8 Å². The molecule has 0 radical (unpaired) electrons. The monoisotopic (exact) mass is 232 g/mol. The van der Waals surface area contributed by atoms with Gasteiger partial charge in [-0.3, -0.25) is 4.79 Å². The van der Waals surface area contributed by atoms with Crippen molar-refractivity contribution in [3.05, 3.63) is 0 Å². The molecule has 1 aliphatic carbocycles. The Bertz CT molecular complexity index is 359. The molecule has 1 heterocycles. The van der Waals surface area contributed by atoms with Crippen LogP contribution >= 0.6 is 0 Å². The van der Waals surface area contributed by atoms with Gasteiger partial charge in [0.15, 0.2) is 9.84 Å². The average Bonchev–Trinajstić information content (AvgIpc) is 2.97. The lowest BCUT2D eigenvalue weighted by Crippen LogP contribution is -2.48. The summed E-state index contributed by atoms with van der Waals surface area (Å²) in [6.45, 7) is 1.06. The van der Waals surface area contributed by atoms with Gasteiger partial charge in [0.2, 0.25) is 5.91 Å². The molecule has 15 heavy (non-hydrogen) atoms. The van der Waals surface area contributed by atoms with Crippen molar-refractivity contribution >= 4 is 15.7 Å². The molecule has 2 N–H and O–H groups in total. The first-order valence-corrected chi connectivity index (χ1v) is 7.01. The first-order chi connectivity index (χ1) is 6.99. The topological polar surface area (TPSA) is 80.5 Å². The lowest BCUT2D eigenvalue weighted by Gasteiger charge is -2.29. The summed E-state index contributed by atoms with van der Waals surface area (Å²) >= 11 is 0. The van der Waals surface area contributed by atoms with Gasteiger partial charge in [-0.05, 0) is 12.8 Å². The number of hydrogen-bond acceptors (Lipinski definition) is 4. The van der Waals surface area contributed by atoms with Crippen LogP contribution in [0.4, 0.5) is 0 Å². The Morgan fingerprint density at radius 1 is 1.27 bits per heavy atom. The normalized spacial score (nSPS) is 27.4. The molecule has 0 aromatic heterocycles. The molecule has 0 atom stereocenters. The minimum Gasteiger partial charge on any atom is -0.340 e. The van der Waals surface area contributed by atoms with Gasteiger partial charge in [0.1, 0.15) is 0 Å². The van der Waals surface area contributed by atoms with Crippen LogP contribution < -0.4 is 5.73 Å². The Hall–Kier alpha value is -0.620. The molecule has 2 fully saturated rings. The number of nitrogens with two attached hydrogens (primary N) is 1. The molecule has 0 spiro atoms. The van der Waals surface area contributed by atoms with Crippen LogP contribution in [0.5, 0.6) is 0 Å². The maximum Gasteiger partial charge on any atom is 0.230 e. The van der Waals surface area contributed by atoms with Crippen LogP contribution in [0.15, 0.2) is 0 Å². The van der Waals surface area contributed by atoms with Gasteiger partial charge >= 0.3 is 0 Å². The van der Waals surface area contributed by atoms with Gasteiger partial charge in [0.25, 0.3) is 0 Å². The summed E-state index contributed by atoms with van der Waals surface area (Å²) in [7, 11) is -2.91. The highest BCUT2D eigenvalue weighted by atomic mass is 32.2. The van der Waals surface area contributed by atoms with Crippen molar-refractivity contribution in [3.63, 3.8) is 0 Å². The van der Waals surface area contributed by atoms with E-state index < -0.39 is 9.84 Å². The number of amides is 1. The maximum absolute atomic E-state index is 12.0. The maximum atomic E-state index is 12.0. The molecule has 5 nitrogen and oxygen atoms in total. The molecule has 0 aromatic carbocycles. The molecule has 1 amide bonds. The van der Waals surface area contributed by atoms with E-state index in [4.69, 9.17) is 5.73 Å². The van der Waals surface area contributed by atoms with Gasteiger partial charge in [-0.25, -0.2) is 8.42 Å². The van der Waals surface area contributed by atoms with Gasteiger partial charge in [0, 0.05) is 19.6 Å². The van der Waals surface area contributed by atoms with Crippen LogP contribution in [0.1, 0.15) is 12.8 Å². The third-order valence-corrected chi connectivity index (χ3v) is 4.94. The number of hydrogen-bond donors (Lipinski definition) is 1. The Kier molecular flexibility index (Phi) is 2.50. The largest absolute Gasteiger partial charge is 0.340 e. The summed E-state index contributed by atoms with van der Waals surface area (Å²) in [6, 6.07) is 0. The highest BCUT2D eigenvalue weighted by molar-refractivity contribution is 7.91. The molecule has 2 aliphatic rings. The number of sulfone groups is 1. The van der Waals surface area contributed by atoms with Crippen LogP contribution in [0.3, 0.4) is 0 Å². The Labute approximate surface area is 89.5 Å². The van der Waals surface area contributed by atoms with E-state index in [9.17, 15) is 13.2 Å². The van der Waals surface area contributed by atoms with Crippen LogP contribution in [-0.4, -0.2) is 50.4 Å². The zero-order valence-electron chi connectivity index (χ0n) is 8.61. The van der Waals surface area contributed by atoms with E-state index in [2.05, 4.69) is 0 Å². The van der Waals surface area contributed by atoms with E-state index in [0.717, 1.165) is 12.8 Å². The van der Waals surface area contributed by atoms with Crippen LogP contribution in [0.25, 0.3) is 0 Å². The molecule has 0 aromatic rings. The van der Waals surface area contributed by atoms with Crippen molar-refractivity contribution in [1.29, 1.82) is 0 Å². The Balaban J connectivity index is 1.99. The van der Waals surface area contributed by atoms with Crippen molar-refractivity contribution in [1.82, 2.24) is 4.90 Å². The van der Waals surface area contributed by atoms with Crippen LogP contribution in [0.2, 0.25) is 0 Å². The summed E-state index contributed by atoms with van der Waals surface area (Å²) in [5.41, 5.74) is 5.22. The van der Waals surface area contributed by atoms with Crippen molar-refractivity contribution in [2.75, 3.05) is 31.1 Å². The van der Waals surface area contributed by atoms with Crippen molar-refractivity contribution < 1.29 is 13.2 Å². The number of rotatable bonds is 2.